The number of tetrazole rings is 1. The Morgan fingerprint density at radius 1 is 1.05 bits per heavy atom. The van der Waals surface area contributed by atoms with Gasteiger partial charge in [0, 0.05) is 29.2 Å². The van der Waals surface area contributed by atoms with Crippen molar-refractivity contribution in [2.24, 2.45) is 0 Å². The number of nitrogens with one attached hydrogen (secondary N) is 1. The van der Waals surface area contributed by atoms with Crippen LogP contribution in [0, 0.1) is 5.82 Å². The van der Waals surface area contributed by atoms with Gasteiger partial charge in [-0.2, -0.15) is 5.21 Å². The number of nitrogens with zero attached hydrogens (tertiary/aromatic N) is 6. The van der Waals surface area contributed by atoms with Crippen molar-refractivity contribution in [3.05, 3.63) is 94.7 Å². The van der Waals surface area contributed by atoms with E-state index in [1.807, 2.05) is 36.4 Å². The van der Waals surface area contributed by atoms with Crippen molar-refractivity contribution in [2.75, 3.05) is 7.11 Å². The van der Waals surface area contributed by atoms with E-state index in [0.29, 0.717) is 23.7 Å². The van der Waals surface area contributed by atoms with Crippen LogP contribution in [0.25, 0.3) is 28.2 Å². The van der Waals surface area contributed by atoms with E-state index in [0.717, 1.165) is 35.2 Å². The quantitative estimate of drug-likeness (QED) is 0.322. The summed E-state index contributed by atoms with van der Waals surface area (Å²) in [7, 11) is 1.46. The van der Waals surface area contributed by atoms with Crippen molar-refractivity contribution in [2.45, 2.75) is 32.7 Å². The minimum Gasteiger partial charge on any atom is -0.494 e. The molecule has 37 heavy (non-hydrogen) atoms. The van der Waals surface area contributed by atoms with Gasteiger partial charge in [-0.1, -0.05) is 49.7 Å². The molecule has 3 aromatic heterocycles. The average Bonchev–Trinajstić information content (AvgIpc) is 3.57. The number of halogens is 1. The fraction of sp³-hybridized carbons (Fsp3) is 0.222. The second kappa shape index (κ2) is 10.6. The molecule has 0 fully saturated rings. The smallest absolute Gasteiger partial charge is 0.333 e. The van der Waals surface area contributed by atoms with E-state index >= 15 is 0 Å². The van der Waals surface area contributed by atoms with Crippen LogP contribution < -0.4 is 10.4 Å². The zero-order valence-corrected chi connectivity index (χ0v) is 20.6. The molecule has 0 spiro atoms. The van der Waals surface area contributed by atoms with Gasteiger partial charge in [-0.3, -0.25) is 14.1 Å². The molecule has 0 aliphatic heterocycles. The third-order valence-electron chi connectivity index (χ3n) is 6.23. The van der Waals surface area contributed by atoms with E-state index in [4.69, 9.17) is 4.74 Å². The molecule has 0 bridgehead atoms. The number of hydrogen-bond donors (Lipinski definition) is 1. The third-order valence-corrected chi connectivity index (χ3v) is 6.23. The van der Waals surface area contributed by atoms with Gasteiger partial charge in [0.05, 0.1) is 19.3 Å². The normalized spacial score (nSPS) is 11.1. The van der Waals surface area contributed by atoms with Crippen molar-refractivity contribution in [1.29, 1.82) is 0 Å². The topological polar surface area (TPSA) is 104 Å². The standard InChI is InChI=1S/C27H26FN7O2/c1-3-4-8-20-17-35(25-23(28)11-7-12-24(25)37-2)27(36)34(20)16-19-14-13-18(15-29-19)21-9-5-6-10-22(21)26-30-32-33-31-26/h5-7,9-15,17H,3-4,8,16H2,1-2H3,(H,30,31,32,33). The molecule has 10 heteroatoms. The zero-order chi connectivity index (χ0) is 25.8. The minimum atomic E-state index is -0.525. The molecule has 0 unspecified atom stereocenters. The maximum Gasteiger partial charge on any atom is 0.333 e. The van der Waals surface area contributed by atoms with Crippen molar-refractivity contribution in [3.63, 3.8) is 0 Å². The first-order valence-electron chi connectivity index (χ1n) is 12.0. The maximum absolute atomic E-state index is 14.8. The monoisotopic (exact) mass is 499 g/mol. The fourth-order valence-corrected chi connectivity index (χ4v) is 4.35. The van der Waals surface area contributed by atoms with Crippen LogP contribution in [0.2, 0.25) is 0 Å². The molecule has 0 aliphatic carbocycles. The lowest BCUT2D eigenvalue weighted by molar-refractivity contribution is 0.408. The van der Waals surface area contributed by atoms with Gasteiger partial charge in [0.25, 0.3) is 0 Å². The lowest BCUT2D eigenvalue weighted by atomic mass is 10.0. The lowest BCUT2D eigenvalue weighted by Crippen LogP contribution is -2.25. The molecule has 1 N–H and O–H groups in total. The Morgan fingerprint density at radius 3 is 2.59 bits per heavy atom. The number of H-pyrrole nitrogens is 1. The molecule has 0 radical (unpaired) electrons. The molecule has 0 aliphatic rings. The summed E-state index contributed by atoms with van der Waals surface area (Å²) in [5, 5.41) is 14.3. The van der Waals surface area contributed by atoms with E-state index in [1.165, 1.54) is 17.7 Å². The van der Waals surface area contributed by atoms with E-state index in [9.17, 15) is 9.18 Å². The fourth-order valence-electron chi connectivity index (χ4n) is 4.35. The summed E-state index contributed by atoms with van der Waals surface area (Å²) >= 11 is 0. The van der Waals surface area contributed by atoms with Gasteiger partial charge in [0.15, 0.2) is 5.82 Å². The largest absolute Gasteiger partial charge is 0.494 e. The Balaban J connectivity index is 1.50. The molecule has 3 heterocycles. The van der Waals surface area contributed by atoms with Crippen LogP contribution in [0.5, 0.6) is 5.75 Å². The summed E-state index contributed by atoms with van der Waals surface area (Å²) in [6, 6.07) is 16.1. The highest BCUT2D eigenvalue weighted by atomic mass is 19.1. The summed E-state index contributed by atoms with van der Waals surface area (Å²) in [6.07, 6.45) is 6.02. The van der Waals surface area contributed by atoms with Crippen LogP contribution in [0.1, 0.15) is 31.2 Å². The Labute approximate surface area is 212 Å². The van der Waals surface area contributed by atoms with E-state index in [-0.39, 0.29) is 17.9 Å². The Morgan fingerprint density at radius 2 is 1.89 bits per heavy atom. The number of aromatic amines is 1. The van der Waals surface area contributed by atoms with Gasteiger partial charge in [-0.25, -0.2) is 9.18 Å². The van der Waals surface area contributed by atoms with E-state index in [2.05, 4.69) is 32.5 Å². The molecule has 0 saturated carbocycles. The summed E-state index contributed by atoms with van der Waals surface area (Å²) in [4.78, 5) is 18.1. The molecule has 0 amide bonds. The maximum atomic E-state index is 14.8. The molecule has 5 aromatic rings. The lowest BCUT2D eigenvalue weighted by Gasteiger charge is -2.10. The molecular formula is C27H26FN7O2. The van der Waals surface area contributed by atoms with Crippen molar-refractivity contribution in [3.8, 4) is 34.0 Å². The van der Waals surface area contributed by atoms with Gasteiger partial charge in [0.1, 0.15) is 11.4 Å². The molecular weight excluding hydrogens is 473 g/mol. The highest BCUT2D eigenvalue weighted by Gasteiger charge is 2.19. The number of ether oxygens (including phenoxy) is 1. The predicted octanol–water partition coefficient (Wildman–Crippen LogP) is 4.42. The number of aromatic nitrogens is 7. The third kappa shape index (κ3) is 4.77. The molecule has 0 saturated heterocycles. The Bertz CT molecular complexity index is 1560. The Kier molecular flexibility index (Phi) is 6.89. The minimum absolute atomic E-state index is 0.105. The summed E-state index contributed by atoms with van der Waals surface area (Å²) in [6.45, 7) is 2.35. The van der Waals surface area contributed by atoms with E-state index in [1.54, 1.807) is 29.1 Å². The number of methoxy groups -OCH3 is 1. The van der Waals surface area contributed by atoms with E-state index < -0.39 is 5.82 Å². The van der Waals surface area contributed by atoms with Crippen LogP contribution in [-0.4, -0.2) is 41.9 Å². The summed E-state index contributed by atoms with van der Waals surface area (Å²) < 4.78 is 23.1. The van der Waals surface area contributed by atoms with Crippen LogP contribution >= 0.6 is 0 Å². The number of para-hydroxylation sites is 1. The number of rotatable bonds is 9. The molecule has 2 aromatic carbocycles. The van der Waals surface area contributed by atoms with Crippen LogP contribution in [0.15, 0.2) is 71.8 Å². The van der Waals surface area contributed by atoms with Crippen LogP contribution in [0.4, 0.5) is 4.39 Å². The summed E-state index contributed by atoms with van der Waals surface area (Å²) in [5.41, 5.74) is 3.91. The predicted molar refractivity (Wildman–Crippen MR) is 137 cm³/mol. The number of unbranched alkanes of at least 4 members (excludes halogenated alkanes) is 1. The number of aryl methyl sites for hydroxylation is 1. The molecule has 188 valence electrons. The average molecular weight is 500 g/mol. The first-order valence-corrected chi connectivity index (χ1v) is 12.0. The number of imidazole rings is 1. The van der Waals surface area contributed by atoms with Crippen LogP contribution in [0.3, 0.4) is 0 Å². The first-order chi connectivity index (χ1) is 18.1. The van der Waals surface area contributed by atoms with Crippen molar-refractivity contribution >= 4 is 0 Å². The summed E-state index contributed by atoms with van der Waals surface area (Å²) in [5.74, 6) is 0.268. The zero-order valence-electron chi connectivity index (χ0n) is 20.6. The number of pyridine rings is 1. The van der Waals surface area contributed by atoms with Gasteiger partial charge >= 0.3 is 5.69 Å². The number of benzene rings is 2. The highest BCUT2D eigenvalue weighted by molar-refractivity contribution is 5.79. The van der Waals surface area contributed by atoms with Gasteiger partial charge in [-0.15, -0.1) is 10.2 Å². The number of hydrogen-bond acceptors (Lipinski definition) is 6. The molecule has 5 rings (SSSR count). The van der Waals surface area contributed by atoms with Gasteiger partial charge in [0.2, 0.25) is 5.82 Å². The second-order valence-electron chi connectivity index (χ2n) is 8.57. The van der Waals surface area contributed by atoms with Gasteiger partial charge in [-0.05, 0) is 41.8 Å². The Hall–Kier alpha value is -4.60. The van der Waals surface area contributed by atoms with Gasteiger partial charge < -0.3 is 4.74 Å². The van der Waals surface area contributed by atoms with Crippen LogP contribution in [-0.2, 0) is 13.0 Å². The SMILES string of the molecule is CCCCc1cn(-c2c(F)cccc2OC)c(=O)n1Cc1ccc(-c2ccccc2-c2nn[nH]n2)cn1. The van der Waals surface area contributed by atoms with Crippen molar-refractivity contribution < 1.29 is 9.13 Å². The molecule has 0 atom stereocenters. The second-order valence-corrected chi connectivity index (χ2v) is 8.57. The highest BCUT2D eigenvalue weighted by Crippen LogP contribution is 2.29. The first kappa shape index (κ1) is 24.1. The molecule has 9 nitrogen and oxygen atoms in total. The van der Waals surface area contributed by atoms with Crippen molar-refractivity contribution in [1.82, 2.24) is 34.7 Å².